The first-order chi connectivity index (χ1) is 6.68. The minimum Gasteiger partial charge on any atom is -0.376 e. The minimum absolute atomic E-state index is 0.936. The largest absolute Gasteiger partial charge is 0.376 e. The minimum atomic E-state index is 0.936. The highest BCUT2D eigenvalue weighted by molar-refractivity contribution is 7.19. The van der Waals surface area contributed by atoms with Gasteiger partial charge in [0.15, 0.2) is 0 Å². The van der Waals surface area contributed by atoms with Crippen molar-refractivity contribution in [3.8, 4) is 0 Å². The molecule has 2 aromatic rings. The molecule has 0 radical (unpaired) electrons. The van der Waals surface area contributed by atoms with Crippen molar-refractivity contribution < 1.29 is 0 Å². The molecule has 3 nitrogen and oxygen atoms in total. The number of thiazole rings is 1. The Morgan fingerprint density at radius 3 is 2.93 bits per heavy atom. The van der Waals surface area contributed by atoms with Crippen LogP contribution in [0.25, 0.3) is 15.9 Å². The van der Waals surface area contributed by atoms with E-state index >= 15 is 0 Å². The van der Waals surface area contributed by atoms with Gasteiger partial charge < -0.3 is 4.90 Å². The third-order valence-electron chi connectivity index (χ3n) is 1.98. The van der Waals surface area contributed by atoms with E-state index in [0.717, 1.165) is 20.9 Å². The lowest BCUT2D eigenvalue weighted by Crippen LogP contribution is -2.08. The van der Waals surface area contributed by atoms with E-state index in [1.54, 1.807) is 17.5 Å². The Labute approximate surface area is 86.7 Å². The summed E-state index contributed by atoms with van der Waals surface area (Å²) in [6.45, 7) is 3.97. The van der Waals surface area contributed by atoms with E-state index in [2.05, 4.69) is 16.5 Å². The van der Waals surface area contributed by atoms with E-state index in [1.807, 2.05) is 31.3 Å². The second-order valence-corrected chi connectivity index (χ2v) is 4.23. The summed E-state index contributed by atoms with van der Waals surface area (Å²) in [7, 11) is 3.93. The second kappa shape index (κ2) is 3.38. The fraction of sp³-hybridized carbons (Fsp3) is 0.200. The average Bonchev–Trinajstić information content (AvgIpc) is 2.59. The molecular formula is C10H11N3S. The smallest absolute Gasteiger partial charge is 0.140 e. The summed E-state index contributed by atoms with van der Waals surface area (Å²) in [5.41, 5.74) is 1.93. The molecule has 4 heteroatoms. The summed E-state index contributed by atoms with van der Waals surface area (Å²) in [5, 5.41) is 0.956. The van der Waals surface area contributed by atoms with Crippen LogP contribution in [-0.2, 0) is 0 Å². The zero-order chi connectivity index (χ0) is 10.1. The van der Waals surface area contributed by atoms with Crippen LogP contribution in [0.5, 0.6) is 0 Å². The van der Waals surface area contributed by atoms with Crippen molar-refractivity contribution in [2.45, 2.75) is 0 Å². The maximum Gasteiger partial charge on any atom is 0.140 e. The fourth-order valence-corrected chi connectivity index (χ4v) is 2.08. The molecule has 0 N–H and O–H groups in total. The molecule has 0 bridgehead atoms. The topological polar surface area (TPSA) is 29.0 Å². The van der Waals surface area contributed by atoms with Gasteiger partial charge in [-0.25, -0.2) is 4.98 Å². The van der Waals surface area contributed by atoms with Crippen molar-refractivity contribution in [3.05, 3.63) is 30.0 Å². The number of pyridine rings is 1. The molecule has 0 atom stereocenters. The molecule has 0 fully saturated rings. The quantitative estimate of drug-likeness (QED) is 0.752. The predicted molar refractivity (Wildman–Crippen MR) is 60.1 cm³/mol. The van der Waals surface area contributed by atoms with Crippen molar-refractivity contribution >= 4 is 27.3 Å². The third-order valence-corrected chi connectivity index (χ3v) is 3.03. The lowest BCUT2D eigenvalue weighted by atomic mass is 10.4. The van der Waals surface area contributed by atoms with Crippen LogP contribution in [0.2, 0.25) is 0 Å². The molecule has 0 amide bonds. The summed E-state index contributed by atoms with van der Waals surface area (Å²) in [6.07, 6.45) is 3.59. The maximum atomic E-state index is 4.47. The van der Waals surface area contributed by atoms with Gasteiger partial charge >= 0.3 is 0 Å². The number of hydrogen-bond donors (Lipinski definition) is 0. The molecule has 2 heterocycles. The average molecular weight is 205 g/mol. The Kier molecular flexibility index (Phi) is 2.21. The monoisotopic (exact) mass is 205 g/mol. The van der Waals surface area contributed by atoms with Crippen molar-refractivity contribution in [2.24, 2.45) is 0 Å². The van der Waals surface area contributed by atoms with E-state index in [1.165, 1.54) is 0 Å². The van der Waals surface area contributed by atoms with Crippen molar-refractivity contribution in [2.75, 3.05) is 14.1 Å². The van der Waals surface area contributed by atoms with Gasteiger partial charge in [0.2, 0.25) is 0 Å². The number of nitrogens with zero attached hydrogens (tertiary/aromatic N) is 3. The van der Waals surface area contributed by atoms with Gasteiger partial charge in [0.25, 0.3) is 0 Å². The molecule has 2 rings (SSSR count). The summed E-state index contributed by atoms with van der Waals surface area (Å²) in [6, 6.07) is 1.91. The summed E-state index contributed by atoms with van der Waals surface area (Å²) >= 11 is 1.62. The summed E-state index contributed by atoms with van der Waals surface area (Å²) in [5.74, 6) is 0. The van der Waals surface area contributed by atoms with Crippen LogP contribution in [0.3, 0.4) is 0 Å². The molecule has 0 aliphatic carbocycles. The molecular weight excluding hydrogens is 194 g/mol. The first kappa shape index (κ1) is 9.15. The lowest BCUT2D eigenvalue weighted by Gasteiger charge is -2.11. The molecule has 0 saturated carbocycles. The van der Waals surface area contributed by atoms with Crippen molar-refractivity contribution in [1.29, 1.82) is 0 Å². The normalized spacial score (nSPS) is 10.4. The Morgan fingerprint density at radius 1 is 1.50 bits per heavy atom. The van der Waals surface area contributed by atoms with E-state index < -0.39 is 0 Å². The van der Waals surface area contributed by atoms with Gasteiger partial charge in [-0.3, -0.25) is 4.98 Å². The first-order valence-corrected chi connectivity index (χ1v) is 5.07. The van der Waals surface area contributed by atoms with Gasteiger partial charge in [0, 0.05) is 26.5 Å². The lowest BCUT2D eigenvalue weighted by molar-refractivity contribution is 0.593. The van der Waals surface area contributed by atoms with Gasteiger partial charge in [-0.1, -0.05) is 6.58 Å². The standard InChI is InChI=1S/C10H11N3S/c1-7(13(2)3)10-12-8-4-5-11-6-9(8)14-10/h4-6H,1H2,2-3H3. The fourth-order valence-electron chi connectivity index (χ4n) is 1.09. The first-order valence-electron chi connectivity index (χ1n) is 4.25. The molecule has 0 spiro atoms. The Hall–Kier alpha value is -1.42. The van der Waals surface area contributed by atoms with E-state index in [4.69, 9.17) is 0 Å². The molecule has 72 valence electrons. The highest BCUT2D eigenvalue weighted by Crippen LogP contribution is 2.25. The van der Waals surface area contributed by atoms with Gasteiger partial charge in [0.1, 0.15) is 5.01 Å². The number of hydrogen-bond acceptors (Lipinski definition) is 4. The van der Waals surface area contributed by atoms with Gasteiger partial charge in [0.05, 0.1) is 15.9 Å². The zero-order valence-corrected chi connectivity index (χ0v) is 9.01. The van der Waals surface area contributed by atoms with Crippen molar-refractivity contribution in [3.63, 3.8) is 0 Å². The van der Waals surface area contributed by atoms with Gasteiger partial charge in [-0.15, -0.1) is 11.3 Å². The Balaban J connectivity index is 2.50. The Bertz CT molecular complexity index is 440. The van der Waals surface area contributed by atoms with E-state index in [9.17, 15) is 0 Å². The second-order valence-electron chi connectivity index (χ2n) is 3.20. The van der Waals surface area contributed by atoms with Crippen LogP contribution in [0.4, 0.5) is 0 Å². The SMILES string of the molecule is C=C(c1nc2ccncc2s1)N(C)C. The van der Waals surface area contributed by atoms with E-state index in [-0.39, 0.29) is 0 Å². The number of fused-ring (bicyclic) bond motifs is 1. The molecule has 14 heavy (non-hydrogen) atoms. The molecule has 0 saturated heterocycles. The number of aromatic nitrogens is 2. The molecule has 0 aliphatic heterocycles. The third kappa shape index (κ3) is 1.48. The number of rotatable bonds is 2. The summed E-state index contributed by atoms with van der Waals surface area (Å²) in [4.78, 5) is 10.5. The molecule has 0 aromatic carbocycles. The molecule has 2 aromatic heterocycles. The predicted octanol–water partition coefficient (Wildman–Crippen LogP) is 2.22. The van der Waals surface area contributed by atoms with Crippen LogP contribution >= 0.6 is 11.3 Å². The highest BCUT2D eigenvalue weighted by Gasteiger charge is 2.07. The van der Waals surface area contributed by atoms with Crippen molar-refractivity contribution in [1.82, 2.24) is 14.9 Å². The molecule has 0 unspecified atom stereocenters. The molecule has 0 aliphatic rings. The van der Waals surface area contributed by atoms with Gasteiger partial charge in [-0.2, -0.15) is 0 Å². The Morgan fingerprint density at radius 2 is 2.29 bits per heavy atom. The van der Waals surface area contributed by atoms with Crippen LogP contribution in [-0.4, -0.2) is 29.0 Å². The van der Waals surface area contributed by atoms with E-state index in [0.29, 0.717) is 0 Å². The van der Waals surface area contributed by atoms with Crippen LogP contribution < -0.4 is 0 Å². The highest BCUT2D eigenvalue weighted by atomic mass is 32.1. The summed E-state index contributed by atoms with van der Waals surface area (Å²) < 4.78 is 1.10. The van der Waals surface area contributed by atoms with Gasteiger partial charge in [-0.05, 0) is 6.07 Å². The zero-order valence-electron chi connectivity index (χ0n) is 8.19. The van der Waals surface area contributed by atoms with Crippen LogP contribution in [0, 0.1) is 0 Å². The van der Waals surface area contributed by atoms with Crippen LogP contribution in [0.15, 0.2) is 25.0 Å². The maximum absolute atomic E-state index is 4.47. The van der Waals surface area contributed by atoms with Crippen LogP contribution in [0.1, 0.15) is 5.01 Å².